The minimum atomic E-state index is -0.285. The molecule has 6 nitrogen and oxygen atoms in total. The molecule has 114 valence electrons. The van der Waals surface area contributed by atoms with Crippen LogP contribution >= 0.6 is 0 Å². The fraction of sp³-hybridized carbons (Fsp3) is 0.533. The van der Waals surface area contributed by atoms with Crippen LogP contribution in [0.25, 0.3) is 0 Å². The van der Waals surface area contributed by atoms with Crippen LogP contribution in [0.2, 0.25) is 0 Å². The third-order valence-corrected chi connectivity index (χ3v) is 2.74. The summed E-state index contributed by atoms with van der Waals surface area (Å²) in [4.78, 5) is 23.6. The molecule has 0 radical (unpaired) electrons. The maximum atomic E-state index is 12.1. The number of hydrogen-bond acceptors (Lipinski definition) is 4. The molecule has 21 heavy (non-hydrogen) atoms. The molecule has 1 amide bonds. The van der Waals surface area contributed by atoms with Crippen molar-refractivity contribution in [3.8, 4) is 11.8 Å². The highest BCUT2D eigenvalue weighted by Gasteiger charge is 2.07. The predicted octanol–water partition coefficient (Wildman–Crippen LogP) is 1.30. The van der Waals surface area contributed by atoms with Gasteiger partial charge in [0.05, 0.1) is 6.07 Å². The fourth-order valence-corrected chi connectivity index (χ4v) is 1.64. The number of hydrogen-bond donors (Lipinski definition) is 1. The van der Waals surface area contributed by atoms with Gasteiger partial charge in [-0.05, 0) is 24.5 Å². The van der Waals surface area contributed by atoms with E-state index in [-0.39, 0.29) is 23.8 Å². The summed E-state index contributed by atoms with van der Waals surface area (Å²) >= 11 is 0. The molecular weight excluding hydrogens is 270 g/mol. The Morgan fingerprint density at radius 3 is 2.95 bits per heavy atom. The molecule has 1 heterocycles. The summed E-state index contributed by atoms with van der Waals surface area (Å²) in [5.41, 5.74) is -0.285. The van der Waals surface area contributed by atoms with Crippen LogP contribution in [0.1, 0.15) is 26.7 Å². The standard InChI is InChI=1S/C15H21N3O3/c1-12(2)10-17-14(19)11-21-13-6-5-9-18(15(13)20)8-4-3-7-16/h5-6,9,12H,3-4,8,10-11H2,1-2H3,(H,17,19). The SMILES string of the molecule is CC(C)CNC(=O)COc1cccn(CCCC#N)c1=O. The van der Waals surface area contributed by atoms with E-state index in [1.807, 2.05) is 19.9 Å². The minimum Gasteiger partial charge on any atom is -0.478 e. The van der Waals surface area contributed by atoms with Crippen LogP contribution < -0.4 is 15.6 Å². The smallest absolute Gasteiger partial charge is 0.292 e. The van der Waals surface area contributed by atoms with Crippen LogP contribution in [0.15, 0.2) is 23.1 Å². The van der Waals surface area contributed by atoms with Crippen molar-refractivity contribution in [2.45, 2.75) is 33.2 Å². The van der Waals surface area contributed by atoms with Crippen molar-refractivity contribution >= 4 is 5.91 Å². The molecule has 0 fully saturated rings. The molecule has 0 saturated heterocycles. The second-order valence-corrected chi connectivity index (χ2v) is 5.12. The molecule has 0 aromatic carbocycles. The lowest BCUT2D eigenvalue weighted by Crippen LogP contribution is -2.33. The molecule has 1 aromatic heterocycles. The van der Waals surface area contributed by atoms with Crippen molar-refractivity contribution in [2.24, 2.45) is 5.92 Å². The van der Waals surface area contributed by atoms with E-state index in [1.54, 1.807) is 18.3 Å². The van der Waals surface area contributed by atoms with E-state index in [4.69, 9.17) is 10.00 Å². The van der Waals surface area contributed by atoms with E-state index in [2.05, 4.69) is 5.32 Å². The highest BCUT2D eigenvalue weighted by molar-refractivity contribution is 5.77. The van der Waals surface area contributed by atoms with Crippen molar-refractivity contribution < 1.29 is 9.53 Å². The molecule has 0 spiro atoms. The quantitative estimate of drug-likeness (QED) is 0.732. The summed E-state index contributed by atoms with van der Waals surface area (Å²) in [6, 6.07) is 5.27. The first-order valence-electron chi connectivity index (χ1n) is 7.00. The molecular formula is C15H21N3O3. The first-order valence-corrected chi connectivity index (χ1v) is 7.00. The second-order valence-electron chi connectivity index (χ2n) is 5.12. The zero-order valence-corrected chi connectivity index (χ0v) is 12.5. The maximum Gasteiger partial charge on any atom is 0.292 e. The van der Waals surface area contributed by atoms with Crippen LogP contribution in [0.5, 0.6) is 5.75 Å². The average molecular weight is 291 g/mol. The molecule has 0 aliphatic carbocycles. The summed E-state index contributed by atoms with van der Waals surface area (Å²) in [5.74, 6) is 0.264. The van der Waals surface area contributed by atoms with Gasteiger partial charge >= 0.3 is 0 Å². The van der Waals surface area contributed by atoms with Gasteiger partial charge in [0.25, 0.3) is 11.5 Å². The van der Waals surface area contributed by atoms with Gasteiger partial charge in [-0.1, -0.05) is 13.8 Å². The second kappa shape index (κ2) is 8.80. The molecule has 0 aliphatic rings. The van der Waals surface area contributed by atoms with E-state index < -0.39 is 0 Å². The van der Waals surface area contributed by atoms with E-state index >= 15 is 0 Å². The van der Waals surface area contributed by atoms with Crippen LogP contribution in [0.3, 0.4) is 0 Å². The Bertz CT molecular complexity index is 558. The normalized spacial score (nSPS) is 10.2. The highest BCUT2D eigenvalue weighted by Crippen LogP contribution is 2.03. The third-order valence-electron chi connectivity index (χ3n) is 2.74. The summed E-state index contributed by atoms with van der Waals surface area (Å²) < 4.78 is 6.75. The largest absolute Gasteiger partial charge is 0.478 e. The lowest BCUT2D eigenvalue weighted by molar-refractivity contribution is -0.123. The number of aryl methyl sites for hydroxylation is 1. The Kier molecular flexibility index (Phi) is 7.02. The van der Waals surface area contributed by atoms with Crippen molar-refractivity contribution in [1.29, 1.82) is 5.26 Å². The van der Waals surface area contributed by atoms with Gasteiger partial charge in [0.2, 0.25) is 0 Å². The number of nitrogens with zero attached hydrogens (tertiary/aromatic N) is 2. The topological polar surface area (TPSA) is 84.1 Å². The number of pyridine rings is 1. The molecule has 6 heteroatoms. The third kappa shape index (κ3) is 6.13. The number of aromatic nitrogens is 1. The number of amides is 1. The monoisotopic (exact) mass is 291 g/mol. The van der Waals surface area contributed by atoms with Crippen molar-refractivity contribution in [2.75, 3.05) is 13.2 Å². The zero-order chi connectivity index (χ0) is 15.7. The maximum absolute atomic E-state index is 12.1. The van der Waals surface area contributed by atoms with Crippen LogP contribution in [-0.4, -0.2) is 23.6 Å². The summed E-state index contributed by atoms with van der Waals surface area (Å²) in [6.07, 6.45) is 2.65. The fourth-order valence-electron chi connectivity index (χ4n) is 1.64. The number of rotatable bonds is 8. The molecule has 1 aromatic rings. The number of carbonyl (C=O) groups is 1. The number of ether oxygens (including phenoxy) is 1. The molecule has 0 atom stereocenters. The molecule has 0 unspecified atom stereocenters. The van der Waals surface area contributed by atoms with Crippen LogP contribution in [0, 0.1) is 17.2 Å². The van der Waals surface area contributed by atoms with E-state index in [0.717, 1.165) is 0 Å². The lowest BCUT2D eigenvalue weighted by atomic mass is 10.2. The highest BCUT2D eigenvalue weighted by atomic mass is 16.5. The van der Waals surface area contributed by atoms with Gasteiger partial charge in [-0.3, -0.25) is 9.59 Å². The molecule has 0 aliphatic heterocycles. The molecule has 1 rings (SSSR count). The van der Waals surface area contributed by atoms with E-state index in [9.17, 15) is 9.59 Å². The summed E-state index contributed by atoms with van der Waals surface area (Å²) in [6.45, 7) is 4.86. The minimum absolute atomic E-state index is 0.147. The van der Waals surface area contributed by atoms with Gasteiger partial charge in [0.15, 0.2) is 12.4 Å². The average Bonchev–Trinajstić information content (AvgIpc) is 2.45. The van der Waals surface area contributed by atoms with Gasteiger partial charge in [-0.15, -0.1) is 0 Å². The Labute approximate surface area is 124 Å². The first-order chi connectivity index (χ1) is 10.0. The van der Waals surface area contributed by atoms with Gasteiger partial charge in [0.1, 0.15) is 0 Å². The van der Waals surface area contributed by atoms with Gasteiger partial charge < -0.3 is 14.6 Å². The Morgan fingerprint density at radius 2 is 2.29 bits per heavy atom. The van der Waals surface area contributed by atoms with Crippen molar-refractivity contribution in [3.05, 3.63) is 28.7 Å². The van der Waals surface area contributed by atoms with Crippen molar-refractivity contribution in [1.82, 2.24) is 9.88 Å². The van der Waals surface area contributed by atoms with E-state index in [0.29, 0.717) is 31.8 Å². The van der Waals surface area contributed by atoms with Gasteiger partial charge in [-0.25, -0.2) is 0 Å². The number of unbranched alkanes of at least 4 members (excludes halogenated alkanes) is 1. The number of nitrogens with one attached hydrogen (secondary N) is 1. The van der Waals surface area contributed by atoms with Gasteiger partial charge in [-0.2, -0.15) is 5.26 Å². The lowest BCUT2D eigenvalue weighted by Gasteiger charge is -2.10. The molecule has 1 N–H and O–H groups in total. The van der Waals surface area contributed by atoms with Crippen LogP contribution in [-0.2, 0) is 11.3 Å². The van der Waals surface area contributed by atoms with E-state index in [1.165, 1.54) is 4.57 Å². The Hall–Kier alpha value is -2.29. The first kappa shape index (κ1) is 16.8. The zero-order valence-electron chi connectivity index (χ0n) is 12.5. The summed E-state index contributed by atoms with van der Waals surface area (Å²) in [7, 11) is 0. The summed E-state index contributed by atoms with van der Waals surface area (Å²) in [5, 5.41) is 11.2. The Balaban J connectivity index is 2.56. The predicted molar refractivity (Wildman–Crippen MR) is 78.9 cm³/mol. The number of carbonyl (C=O) groups excluding carboxylic acids is 1. The Morgan fingerprint density at radius 1 is 1.52 bits per heavy atom. The number of nitriles is 1. The van der Waals surface area contributed by atoms with Crippen molar-refractivity contribution in [3.63, 3.8) is 0 Å². The molecule has 0 saturated carbocycles. The van der Waals surface area contributed by atoms with Crippen LogP contribution in [0.4, 0.5) is 0 Å². The van der Waals surface area contributed by atoms with Gasteiger partial charge in [0, 0.05) is 25.7 Å². The molecule has 0 bridgehead atoms.